The molecule has 0 aromatic heterocycles. The van der Waals surface area contributed by atoms with E-state index in [1.807, 2.05) is 19.9 Å². The third kappa shape index (κ3) is 7.45. The van der Waals surface area contributed by atoms with Crippen molar-refractivity contribution < 1.29 is 14.0 Å². The number of benzene rings is 2. The summed E-state index contributed by atoms with van der Waals surface area (Å²) in [7, 11) is 1.63. The second kappa shape index (κ2) is 12.9. The number of hydrogen-bond acceptors (Lipinski definition) is 3. The number of nitrogens with zero attached hydrogens (tertiary/aromatic N) is 1. The Morgan fingerprint density at radius 1 is 1.26 bits per heavy atom. The lowest BCUT2D eigenvalue weighted by atomic mass is 10.0. The van der Waals surface area contributed by atoms with Crippen molar-refractivity contribution in [2.75, 3.05) is 18.5 Å². The Labute approximate surface area is 206 Å². The van der Waals surface area contributed by atoms with Gasteiger partial charge in [-0.1, -0.05) is 43.3 Å². The Hall–Kier alpha value is -3.12. The molecule has 1 aliphatic rings. The second-order valence-corrected chi connectivity index (χ2v) is 8.48. The van der Waals surface area contributed by atoms with Crippen LogP contribution in [0.4, 0.5) is 10.1 Å². The summed E-state index contributed by atoms with van der Waals surface area (Å²) in [6.45, 7) is 11.0. The Morgan fingerprint density at radius 2 is 2.00 bits per heavy atom. The summed E-state index contributed by atoms with van der Waals surface area (Å²) >= 11 is 5.87. The Kier molecular flexibility index (Phi) is 10.3. The van der Waals surface area contributed by atoms with Crippen LogP contribution < -0.4 is 15.5 Å². The van der Waals surface area contributed by atoms with Crippen molar-refractivity contribution in [2.24, 2.45) is 5.92 Å². The van der Waals surface area contributed by atoms with Crippen molar-refractivity contribution in [1.82, 2.24) is 10.6 Å². The van der Waals surface area contributed by atoms with Crippen molar-refractivity contribution >= 4 is 35.2 Å². The van der Waals surface area contributed by atoms with E-state index in [1.54, 1.807) is 13.1 Å². The van der Waals surface area contributed by atoms with Crippen molar-refractivity contribution in [2.45, 2.75) is 40.2 Å². The number of amides is 2. The molecular weight excluding hydrogens is 453 g/mol. The van der Waals surface area contributed by atoms with Crippen LogP contribution in [0.25, 0.3) is 6.08 Å². The number of allylic oxidation sites excluding steroid dienone is 1. The summed E-state index contributed by atoms with van der Waals surface area (Å²) in [5.41, 5.74) is 4.81. The maximum atomic E-state index is 13.4. The minimum Gasteiger partial charge on any atom is -0.359 e. The molecular formula is C27H33ClFN3O2. The molecule has 2 aromatic carbocycles. The highest BCUT2D eigenvalue weighted by atomic mass is 35.5. The number of aryl methyl sites for hydroxylation is 1. The molecule has 0 saturated carbocycles. The molecule has 1 unspecified atom stereocenters. The molecule has 0 bridgehead atoms. The van der Waals surface area contributed by atoms with Crippen LogP contribution in [0.5, 0.6) is 0 Å². The van der Waals surface area contributed by atoms with Gasteiger partial charge in [-0.2, -0.15) is 0 Å². The van der Waals surface area contributed by atoms with E-state index in [0.29, 0.717) is 23.4 Å². The van der Waals surface area contributed by atoms with E-state index < -0.39 is 5.82 Å². The van der Waals surface area contributed by atoms with Gasteiger partial charge in [0.1, 0.15) is 5.82 Å². The molecule has 0 aliphatic carbocycles. The summed E-state index contributed by atoms with van der Waals surface area (Å²) in [4.78, 5) is 24.8. The molecule has 5 nitrogen and oxygen atoms in total. The van der Waals surface area contributed by atoms with Gasteiger partial charge in [0.25, 0.3) is 0 Å². The number of carbonyl (C=O) groups excluding carboxylic acids is 2. The number of rotatable bonds is 6. The quantitative estimate of drug-likeness (QED) is 0.558. The summed E-state index contributed by atoms with van der Waals surface area (Å²) in [5, 5.41) is 5.67. The molecule has 0 spiro atoms. The van der Waals surface area contributed by atoms with E-state index >= 15 is 0 Å². The van der Waals surface area contributed by atoms with Gasteiger partial charge < -0.3 is 15.5 Å². The molecule has 182 valence electrons. The van der Waals surface area contributed by atoms with Crippen LogP contribution in [0, 0.1) is 18.7 Å². The third-order valence-electron chi connectivity index (χ3n) is 5.62. The fraction of sp³-hybridized carbons (Fsp3) is 0.333. The first-order valence-corrected chi connectivity index (χ1v) is 11.7. The molecule has 1 saturated heterocycles. The van der Waals surface area contributed by atoms with Gasteiger partial charge in [-0.05, 0) is 67.3 Å². The van der Waals surface area contributed by atoms with E-state index in [1.165, 1.54) is 17.7 Å². The molecule has 2 N–H and O–H groups in total. The molecule has 1 aliphatic heterocycles. The number of nitrogens with one attached hydrogen (secondary N) is 2. The highest BCUT2D eigenvalue weighted by Gasteiger charge is 2.32. The van der Waals surface area contributed by atoms with Crippen molar-refractivity contribution in [3.05, 3.63) is 82.3 Å². The Bertz CT molecular complexity index is 1040. The maximum absolute atomic E-state index is 13.4. The lowest BCUT2D eigenvalue weighted by Crippen LogP contribution is -2.31. The molecule has 0 radical (unpaired) electrons. The molecule has 1 fully saturated rings. The van der Waals surface area contributed by atoms with Gasteiger partial charge in [-0.15, -0.1) is 0 Å². The molecule has 7 heteroatoms. The topological polar surface area (TPSA) is 61.4 Å². The maximum Gasteiger partial charge on any atom is 0.229 e. The average molecular weight is 486 g/mol. The van der Waals surface area contributed by atoms with E-state index in [9.17, 15) is 14.0 Å². The van der Waals surface area contributed by atoms with E-state index in [0.717, 1.165) is 23.5 Å². The molecule has 2 amide bonds. The monoisotopic (exact) mass is 485 g/mol. The van der Waals surface area contributed by atoms with Crippen molar-refractivity contribution in [3.8, 4) is 0 Å². The zero-order valence-electron chi connectivity index (χ0n) is 20.3. The molecule has 3 rings (SSSR count). The van der Waals surface area contributed by atoms with Crippen LogP contribution >= 0.6 is 11.6 Å². The van der Waals surface area contributed by atoms with Crippen LogP contribution in [0.3, 0.4) is 0 Å². The van der Waals surface area contributed by atoms with Gasteiger partial charge in [0.15, 0.2) is 0 Å². The Morgan fingerprint density at radius 3 is 2.59 bits per heavy atom. The fourth-order valence-electron chi connectivity index (χ4n) is 3.69. The third-order valence-corrected chi connectivity index (χ3v) is 5.83. The van der Waals surface area contributed by atoms with Crippen molar-refractivity contribution in [3.63, 3.8) is 0 Å². The summed E-state index contributed by atoms with van der Waals surface area (Å²) < 4.78 is 13.4. The minimum atomic E-state index is -0.412. The first-order valence-electron chi connectivity index (χ1n) is 11.3. The van der Waals surface area contributed by atoms with Crippen LogP contribution in [-0.2, 0) is 16.1 Å². The highest BCUT2D eigenvalue weighted by molar-refractivity contribution is 6.30. The van der Waals surface area contributed by atoms with Crippen LogP contribution in [0.1, 0.15) is 43.4 Å². The van der Waals surface area contributed by atoms with E-state index in [4.69, 9.17) is 11.6 Å². The van der Waals surface area contributed by atoms with Crippen LogP contribution in [0.15, 0.2) is 54.8 Å². The van der Waals surface area contributed by atoms with Gasteiger partial charge >= 0.3 is 0 Å². The van der Waals surface area contributed by atoms with Gasteiger partial charge in [0, 0.05) is 43.0 Å². The van der Waals surface area contributed by atoms with Gasteiger partial charge in [0.2, 0.25) is 11.8 Å². The summed E-state index contributed by atoms with van der Waals surface area (Å²) in [6, 6.07) is 10.5. The number of halogens is 2. The molecule has 1 heterocycles. The summed E-state index contributed by atoms with van der Waals surface area (Å²) in [5.74, 6) is -0.719. The van der Waals surface area contributed by atoms with Crippen LogP contribution in [0.2, 0.25) is 5.02 Å². The molecule has 34 heavy (non-hydrogen) atoms. The van der Waals surface area contributed by atoms with Gasteiger partial charge in [-0.25, -0.2) is 4.39 Å². The minimum absolute atomic E-state index is 0.0926. The standard InChI is InChI=1S/C23H24ClFN2O.C4H9NO/c1-4-5-18-12-21(7-6-15(18)2)27-9-8-22(16(27)3)23(28)26-14-17-10-19(24)13-20(25)11-17;1-3-4(6)5-2/h4-7,10-13,22H,3,8-9,14H2,1-2H3,(H,26,28);3H2,1-2H3,(H,5,6)/b5-4-;. The average Bonchev–Trinajstić information content (AvgIpc) is 3.19. The lowest BCUT2D eigenvalue weighted by molar-refractivity contribution is -0.124. The number of carbonyl (C=O) groups is 2. The second-order valence-electron chi connectivity index (χ2n) is 8.05. The zero-order chi connectivity index (χ0) is 25.3. The summed E-state index contributed by atoms with van der Waals surface area (Å²) in [6.07, 6.45) is 5.36. The predicted molar refractivity (Wildman–Crippen MR) is 138 cm³/mol. The molecule has 2 aromatic rings. The number of anilines is 1. The SMILES string of the molecule is C=C1C(C(=O)NCc2cc(F)cc(Cl)c2)CCN1c1ccc(C)c(/C=C\C)c1.CCC(=O)NC. The number of hydrogen-bond donors (Lipinski definition) is 2. The van der Waals surface area contributed by atoms with Crippen molar-refractivity contribution in [1.29, 1.82) is 0 Å². The highest BCUT2D eigenvalue weighted by Crippen LogP contribution is 2.33. The smallest absolute Gasteiger partial charge is 0.229 e. The first-order chi connectivity index (χ1) is 16.2. The van der Waals surface area contributed by atoms with Gasteiger partial charge in [-0.3, -0.25) is 9.59 Å². The van der Waals surface area contributed by atoms with E-state index in [2.05, 4.69) is 53.3 Å². The molecule has 1 atom stereocenters. The fourth-order valence-corrected chi connectivity index (χ4v) is 3.94. The van der Waals surface area contributed by atoms with E-state index in [-0.39, 0.29) is 24.3 Å². The largest absolute Gasteiger partial charge is 0.359 e. The van der Waals surface area contributed by atoms with Gasteiger partial charge in [0.05, 0.1) is 5.92 Å². The lowest BCUT2D eigenvalue weighted by Gasteiger charge is -2.22. The van der Waals surface area contributed by atoms with Crippen LogP contribution in [-0.4, -0.2) is 25.4 Å². The zero-order valence-corrected chi connectivity index (χ0v) is 21.0. The normalized spacial score (nSPS) is 15.2. The predicted octanol–water partition coefficient (Wildman–Crippen LogP) is 5.62. The Balaban J connectivity index is 0.000000604. The first kappa shape index (κ1) is 27.1.